The molecule has 1 heterocycles. The van der Waals surface area contributed by atoms with E-state index in [1.54, 1.807) is 13.8 Å². The first-order valence-corrected chi connectivity index (χ1v) is 5.01. The molecule has 6 nitrogen and oxygen atoms in total. The largest absolute Gasteiger partial charge is 0.480 e. The number of hydrogen-bond acceptors (Lipinski definition) is 6. The van der Waals surface area contributed by atoms with Gasteiger partial charge in [0.2, 0.25) is 17.5 Å². The van der Waals surface area contributed by atoms with Gasteiger partial charge in [-0.25, -0.2) is 4.98 Å². The minimum atomic E-state index is -0.976. The molecule has 0 aliphatic carbocycles. The summed E-state index contributed by atoms with van der Waals surface area (Å²) in [6.07, 6.45) is 1.36. The van der Waals surface area contributed by atoms with Gasteiger partial charge in [-0.05, 0) is 13.8 Å². The third-order valence-corrected chi connectivity index (χ3v) is 2.39. The average molecular weight is 240 g/mol. The number of Topliss-reactive ketones (excluding diaryl/α,β-unsaturated/α-hetero) is 1. The standard InChI is InChI=1S/C11H16N2O4/c1-11(2,17-5)9(14)8-10(16-4)13-7(15-3)6-12-8/h6H,1-5H3. The van der Waals surface area contributed by atoms with Gasteiger partial charge in [0.15, 0.2) is 5.69 Å². The Kier molecular flexibility index (Phi) is 4.01. The lowest BCUT2D eigenvalue weighted by atomic mass is 10.0. The predicted molar refractivity (Wildman–Crippen MR) is 60.6 cm³/mol. The zero-order chi connectivity index (χ0) is 13.1. The summed E-state index contributed by atoms with van der Waals surface area (Å²) >= 11 is 0. The van der Waals surface area contributed by atoms with Gasteiger partial charge in [-0.2, -0.15) is 4.98 Å². The van der Waals surface area contributed by atoms with E-state index in [9.17, 15) is 4.79 Å². The molecule has 17 heavy (non-hydrogen) atoms. The van der Waals surface area contributed by atoms with Crippen LogP contribution in [0.25, 0.3) is 0 Å². The topological polar surface area (TPSA) is 70.5 Å². The van der Waals surface area contributed by atoms with Crippen LogP contribution in [0.4, 0.5) is 0 Å². The third kappa shape index (κ3) is 2.71. The van der Waals surface area contributed by atoms with Gasteiger partial charge in [0, 0.05) is 7.11 Å². The van der Waals surface area contributed by atoms with Crippen LogP contribution in [0.3, 0.4) is 0 Å². The molecule has 0 amide bonds. The number of aromatic nitrogens is 2. The molecule has 94 valence electrons. The summed E-state index contributed by atoms with van der Waals surface area (Å²) in [6.45, 7) is 3.31. The number of methoxy groups -OCH3 is 3. The second-order valence-corrected chi connectivity index (χ2v) is 3.81. The third-order valence-electron chi connectivity index (χ3n) is 2.39. The molecule has 1 rings (SSSR count). The number of hydrogen-bond donors (Lipinski definition) is 0. The molecule has 6 heteroatoms. The predicted octanol–water partition coefficient (Wildman–Crippen LogP) is 1.10. The molecule has 0 fully saturated rings. The quantitative estimate of drug-likeness (QED) is 0.718. The van der Waals surface area contributed by atoms with Crippen molar-refractivity contribution in [2.75, 3.05) is 21.3 Å². The molecule has 0 unspecified atom stereocenters. The number of carbonyl (C=O) groups excluding carboxylic acids is 1. The molecular formula is C11H16N2O4. The van der Waals surface area contributed by atoms with E-state index < -0.39 is 5.60 Å². The van der Waals surface area contributed by atoms with E-state index in [0.717, 1.165) is 0 Å². The summed E-state index contributed by atoms with van der Waals surface area (Å²) in [5.41, 5.74) is -0.851. The SMILES string of the molecule is COc1cnc(C(=O)C(C)(C)OC)c(OC)n1. The van der Waals surface area contributed by atoms with E-state index >= 15 is 0 Å². The number of ether oxygens (including phenoxy) is 3. The molecule has 0 radical (unpaired) electrons. The molecule has 0 saturated heterocycles. The van der Waals surface area contributed by atoms with Crippen molar-refractivity contribution in [3.63, 3.8) is 0 Å². The van der Waals surface area contributed by atoms with Crippen LogP contribution in [-0.4, -0.2) is 42.7 Å². The summed E-state index contributed by atoms with van der Waals surface area (Å²) in [6, 6.07) is 0. The molecule has 0 aliphatic heterocycles. The van der Waals surface area contributed by atoms with Crippen molar-refractivity contribution >= 4 is 5.78 Å². The Hall–Kier alpha value is -1.69. The highest BCUT2D eigenvalue weighted by molar-refractivity contribution is 6.02. The minimum absolute atomic E-state index is 0.125. The van der Waals surface area contributed by atoms with Crippen LogP contribution in [0.1, 0.15) is 24.3 Å². The number of carbonyl (C=O) groups is 1. The summed E-state index contributed by atoms with van der Waals surface area (Å²) in [5.74, 6) is 0.111. The van der Waals surface area contributed by atoms with Crippen LogP contribution in [0.2, 0.25) is 0 Å². The van der Waals surface area contributed by atoms with Crippen LogP contribution in [0, 0.1) is 0 Å². The molecule has 0 spiro atoms. The Morgan fingerprint density at radius 1 is 1.24 bits per heavy atom. The Balaban J connectivity index is 3.18. The van der Waals surface area contributed by atoms with Crippen LogP contribution >= 0.6 is 0 Å². The van der Waals surface area contributed by atoms with Crippen LogP contribution in [0.5, 0.6) is 11.8 Å². The molecule has 1 aromatic rings. The maximum atomic E-state index is 12.1. The maximum absolute atomic E-state index is 12.1. The fraction of sp³-hybridized carbons (Fsp3) is 0.545. The van der Waals surface area contributed by atoms with Gasteiger partial charge in [-0.3, -0.25) is 4.79 Å². The first-order chi connectivity index (χ1) is 7.96. The number of ketones is 1. The van der Waals surface area contributed by atoms with Crippen molar-refractivity contribution in [2.24, 2.45) is 0 Å². The second kappa shape index (κ2) is 5.09. The van der Waals surface area contributed by atoms with Gasteiger partial charge in [-0.15, -0.1) is 0 Å². The molecule has 1 aromatic heterocycles. The molecule has 0 N–H and O–H groups in total. The van der Waals surface area contributed by atoms with Crippen LogP contribution < -0.4 is 9.47 Å². The van der Waals surface area contributed by atoms with Crippen molar-refractivity contribution in [2.45, 2.75) is 19.4 Å². The summed E-state index contributed by atoms with van der Waals surface area (Å²) in [5, 5.41) is 0. The summed E-state index contributed by atoms with van der Waals surface area (Å²) in [4.78, 5) is 20.1. The Bertz CT molecular complexity index is 418. The van der Waals surface area contributed by atoms with E-state index in [-0.39, 0.29) is 23.2 Å². The fourth-order valence-electron chi connectivity index (χ4n) is 1.13. The van der Waals surface area contributed by atoms with Gasteiger partial charge in [0.1, 0.15) is 5.60 Å². The van der Waals surface area contributed by atoms with E-state index in [4.69, 9.17) is 14.2 Å². The lowest BCUT2D eigenvalue weighted by Gasteiger charge is -2.21. The molecule has 0 aromatic carbocycles. The van der Waals surface area contributed by atoms with Crippen molar-refractivity contribution in [3.05, 3.63) is 11.9 Å². The average Bonchev–Trinajstić information content (AvgIpc) is 2.36. The highest BCUT2D eigenvalue weighted by Gasteiger charge is 2.32. The highest BCUT2D eigenvalue weighted by atomic mass is 16.5. The molecule has 0 aliphatic rings. The molecule has 0 atom stereocenters. The Morgan fingerprint density at radius 2 is 1.88 bits per heavy atom. The molecule has 0 bridgehead atoms. The Morgan fingerprint density at radius 3 is 2.35 bits per heavy atom. The smallest absolute Gasteiger partial charge is 0.246 e. The lowest BCUT2D eigenvalue weighted by molar-refractivity contribution is 0.0220. The van der Waals surface area contributed by atoms with Gasteiger partial charge >= 0.3 is 0 Å². The van der Waals surface area contributed by atoms with Crippen molar-refractivity contribution < 1.29 is 19.0 Å². The first kappa shape index (κ1) is 13.4. The van der Waals surface area contributed by atoms with Gasteiger partial charge in [0.05, 0.1) is 20.4 Å². The molecular weight excluding hydrogens is 224 g/mol. The van der Waals surface area contributed by atoms with E-state index in [1.165, 1.54) is 27.5 Å². The van der Waals surface area contributed by atoms with Gasteiger partial charge in [0.25, 0.3) is 0 Å². The van der Waals surface area contributed by atoms with Crippen LogP contribution in [0.15, 0.2) is 6.20 Å². The summed E-state index contributed by atoms with van der Waals surface area (Å²) in [7, 11) is 4.34. The first-order valence-electron chi connectivity index (χ1n) is 5.01. The van der Waals surface area contributed by atoms with Crippen molar-refractivity contribution in [3.8, 4) is 11.8 Å². The minimum Gasteiger partial charge on any atom is -0.480 e. The van der Waals surface area contributed by atoms with E-state index in [0.29, 0.717) is 0 Å². The summed E-state index contributed by atoms with van der Waals surface area (Å²) < 4.78 is 15.0. The van der Waals surface area contributed by atoms with Crippen molar-refractivity contribution in [1.82, 2.24) is 9.97 Å². The normalized spacial score (nSPS) is 11.1. The van der Waals surface area contributed by atoms with E-state index in [1.807, 2.05) is 0 Å². The number of rotatable bonds is 5. The van der Waals surface area contributed by atoms with Gasteiger partial charge < -0.3 is 14.2 Å². The van der Waals surface area contributed by atoms with Crippen LogP contribution in [-0.2, 0) is 4.74 Å². The van der Waals surface area contributed by atoms with E-state index in [2.05, 4.69) is 9.97 Å². The fourth-order valence-corrected chi connectivity index (χ4v) is 1.13. The molecule has 0 saturated carbocycles. The maximum Gasteiger partial charge on any atom is 0.246 e. The zero-order valence-corrected chi connectivity index (χ0v) is 10.6. The second-order valence-electron chi connectivity index (χ2n) is 3.81. The zero-order valence-electron chi connectivity index (χ0n) is 10.6. The monoisotopic (exact) mass is 240 g/mol. The Labute approximate surface area is 99.9 Å². The highest BCUT2D eigenvalue weighted by Crippen LogP contribution is 2.23. The van der Waals surface area contributed by atoms with Gasteiger partial charge in [-0.1, -0.05) is 0 Å². The lowest BCUT2D eigenvalue weighted by Crippen LogP contribution is -2.34. The number of nitrogens with zero attached hydrogens (tertiary/aromatic N) is 2. The van der Waals surface area contributed by atoms with Crippen molar-refractivity contribution in [1.29, 1.82) is 0 Å².